The highest BCUT2D eigenvalue weighted by Crippen LogP contribution is 2.33. The molecule has 4 aromatic rings. The predicted octanol–water partition coefficient (Wildman–Crippen LogP) is 6.21. The van der Waals surface area contributed by atoms with Crippen molar-refractivity contribution in [3.8, 4) is 34.3 Å². The molecule has 1 aliphatic heterocycles. The monoisotopic (exact) mass is 536 g/mol. The molecule has 0 aromatic carbocycles. The normalized spacial score (nSPS) is 11.5. The van der Waals surface area contributed by atoms with Crippen LogP contribution in [0.3, 0.4) is 0 Å². The average molecular weight is 537 g/mol. The number of aromatic nitrogens is 4. The van der Waals surface area contributed by atoms with Crippen molar-refractivity contribution < 1.29 is 9.47 Å². The molecule has 0 unspecified atom stereocenters. The van der Waals surface area contributed by atoms with E-state index in [0.29, 0.717) is 58.6 Å². The summed E-state index contributed by atoms with van der Waals surface area (Å²) in [5, 5.41) is 1.17. The summed E-state index contributed by atoms with van der Waals surface area (Å²) in [5.74, 6) is 1.12. The predicted molar refractivity (Wildman–Crippen MR) is 148 cm³/mol. The van der Waals surface area contributed by atoms with Crippen molar-refractivity contribution in [2.45, 2.75) is 27.3 Å². The molecular weight excluding hydrogens is 511 g/mol. The summed E-state index contributed by atoms with van der Waals surface area (Å²) in [7, 11) is 0. The molecule has 5 heterocycles. The minimum absolute atomic E-state index is 0.490. The van der Waals surface area contributed by atoms with Crippen molar-refractivity contribution in [3.63, 3.8) is 0 Å². The van der Waals surface area contributed by atoms with Gasteiger partial charge >= 0.3 is 0 Å². The number of nitrogens with two attached hydrogens (primary N) is 1. The minimum Gasteiger partial charge on any atom is -0.477 e. The van der Waals surface area contributed by atoms with Crippen molar-refractivity contribution in [2.75, 3.05) is 18.9 Å². The van der Waals surface area contributed by atoms with Crippen LogP contribution >= 0.6 is 23.2 Å². The Kier molecular flexibility index (Phi) is 8.53. The Morgan fingerprint density at radius 3 is 2.00 bits per heavy atom. The van der Waals surface area contributed by atoms with Gasteiger partial charge in [0.2, 0.25) is 11.8 Å². The lowest BCUT2D eigenvalue weighted by Gasteiger charge is -2.10. The fourth-order valence-corrected chi connectivity index (χ4v) is 4.14. The molecule has 37 heavy (non-hydrogen) atoms. The Labute approximate surface area is 225 Å². The Morgan fingerprint density at radius 2 is 1.43 bits per heavy atom. The molecule has 0 radical (unpaired) electrons. The van der Waals surface area contributed by atoms with Crippen molar-refractivity contribution in [1.82, 2.24) is 19.9 Å². The van der Waals surface area contributed by atoms with Crippen LogP contribution in [0.15, 0.2) is 53.8 Å². The van der Waals surface area contributed by atoms with Crippen molar-refractivity contribution >= 4 is 35.1 Å². The van der Waals surface area contributed by atoms with Gasteiger partial charge in [0, 0.05) is 24.2 Å². The number of nitrogens with zero attached hydrogens (tertiary/aromatic N) is 5. The van der Waals surface area contributed by atoms with Crippen molar-refractivity contribution in [1.29, 1.82) is 0 Å². The van der Waals surface area contributed by atoms with Gasteiger partial charge in [-0.15, -0.1) is 0 Å². The number of hydrogen-bond acceptors (Lipinski definition) is 8. The van der Waals surface area contributed by atoms with Gasteiger partial charge in [-0.2, -0.15) is 0 Å². The zero-order valence-corrected chi connectivity index (χ0v) is 22.2. The number of rotatable bonds is 6. The highest BCUT2D eigenvalue weighted by atomic mass is 35.5. The van der Waals surface area contributed by atoms with Crippen LogP contribution in [0, 0.1) is 6.92 Å². The Bertz CT molecular complexity index is 1420. The maximum atomic E-state index is 6.27. The molecule has 1 aliphatic rings. The third-order valence-corrected chi connectivity index (χ3v) is 6.07. The molecule has 4 aromatic heterocycles. The van der Waals surface area contributed by atoms with E-state index in [0.717, 1.165) is 28.1 Å². The zero-order valence-electron chi connectivity index (χ0n) is 20.7. The number of aryl methyl sites for hydroxylation is 1. The van der Waals surface area contributed by atoms with Gasteiger partial charge in [-0.1, -0.05) is 23.2 Å². The minimum atomic E-state index is 0.490. The number of hydrogen-bond donors (Lipinski definition) is 1. The van der Waals surface area contributed by atoms with E-state index in [1.807, 2.05) is 51.1 Å². The summed E-state index contributed by atoms with van der Waals surface area (Å²) in [5.41, 5.74) is 11.9. The summed E-state index contributed by atoms with van der Waals surface area (Å²) in [6.07, 6.45) is 5.13. The van der Waals surface area contributed by atoms with E-state index < -0.39 is 0 Å². The smallest absolute Gasteiger partial charge is 0.222 e. The van der Waals surface area contributed by atoms with Gasteiger partial charge in [0.05, 0.1) is 69.4 Å². The third-order valence-electron chi connectivity index (χ3n) is 5.42. The van der Waals surface area contributed by atoms with E-state index >= 15 is 0 Å². The average Bonchev–Trinajstić information content (AvgIpc) is 3.38. The summed E-state index contributed by atoms with van der Waals surface area (Å²) in [6.45, 7) is 7.37. The zero-order chi connectivity index (χ0) is 26.4. The van der Waals surface area contributed by atoms with Crippen LogP contribution in [0.1, 0.15) is 30.8 Å². The number of nitrogen functional groups attached to an aromatic ring is 1. The number of pyridine rings is 4. The largest absolute Gasteiger partial charge is 0.477 e. The summed E-state index contributed by atoms with van der Waals surface area (Å²) >= 11 is 12.3. The SMILES string of the molecule is CCOc1ncccc1-c1cc(Cl)c(N)c(C)n1.CCOc1ncccc1-c1cc(Cl)c2c(n1)C=NC2. The highest BCUT2D eigenvalue weighted by Gasteiger charge is 2.17. The van der Waals surface area contributed by atoms with E-state index in [4.69, 9.17) is 38.4 Å². The molecule has 0 saturated heterocycles. The molecule has 0 spiro atoms. The van der Waals surface area contributed by atoms with Crippen LogP contribution in [0.25, 0.3) is 22.5 Å². The lowest BCUT2D eigenvalue weighted by Crippen LogP contribution is -2.00. The third kappa shape index (κ3) is 5.98. The van der Waals surface area contributed by atoms with E-state index in [2.05, 4.69) is 24.9 Å². The van der Waals surface area contributed by atoms with Crippen LogP contribution < -0.4 is 15.2 Å². The fourth-order valence-electron chi connectivity index (χ4n) is 3.64. The van der Waals surface area contributed by atoms with E-state index in [1.165, 1.54) is 0 Å². The number of ether oxygens (including phenoxy) is 2. The first-order valence-electron chi connectivity index (χ1n) is 11.7. The van der Waals surface area contributed by atoms with E-state index in [1.54, 1.807) is 24.7 Å². The first-order chi connectivity index (χ1) is 17.9. The van der Waals surface area contributed by atoms with Gasteiger partial charge in [-0.3, -0.25) is 9.98 Å². The second-order valence-corrected chi connectivity index (χ2v) is 8.70. The summed E-state index contributed by atoms with van der Waals surface area (Å²) < 4.78 is 11.0. The van der Waals surface area contributed by atoms with Crippen LogP contribution in [0.4, 0.5) is 5.69 Å². The highest BCUT2D eigenvalue weighted by molar-refractivity contribution is 6.33. The summed E-state index contributed by atoms with van der Waals surface area (Å²) in [4.78, 5) is 21.6. The van der Waals surface area contributed by atoms with Gasteiger partial charge in [0.15, 0.2) is 0 Å². The van der Waals surface area contributed by atoms with Gasteiger partial charge in [-0.25, -0.2) is 15.0 Å². The molecule has 190 valence electrons. The maximum absolute atomic E-state index is 6.27. The van der Waals surface area contributed by atoms with E-state index in [9.17, 15) is 0 Å². The van der Waals surface area contributed by atoms with Crippen LogP contribution in [-0.4, -0.2) is 39.4 Å². The molecule has 0 fully saturated rings. The first kappa shape index (κ1) is 26.3. The topological polar surface area (TPSA) is 108 Å². The fraction of sp³-hybridized carbons (Fsp3) is 0.222. The van der Waals surface area contributed by atoms with Crippen LogP contribution in [0.2, 0.25) is 10.0 Å². The number of halogens is 2. The van der Waals surface area contributed by atoms with Gasteiger partial charge in [-0.05, 0) is 57.2 Å². The van der Waals surface area contributed by atoms with Crippen molar-refractivity contribution in [2.24, 2.45) is 4.99 Å². The molecule has 2 N–H and O–H groups in total. The van der Waals surface area contributed by atoms with Crippen molar-refractivity contribution in [3.05, 3.63) is 75.8 Å². The second kappa shape index (κ2) is 12.0. The number of anilines is 1. The molecule has 0 atom stereocenters. The molecule has 0 aliphatic carbocycles. The quantitative estimate of drug-likeness (QED) is 0.311. The van der Waals surface area contributed by atoms with Gasteiger partial charge in [0.1, 0.15) is 0 Å². The Morgan fingerprint density at radius 1 is 0.865 bits per heavy atom. The van der Waals surface area contributed by atoms with Crippen LogP contribution in [0.5, 0.6) is 11.8 Å². The number of fused-ring (bicyclic) bond motifs is 1. The first-order valence-corrected chi connectivity index (χ1v) is 12.5. The molecule has 5 rings (SSSR count). The maximum Gasteiger partial charge on any atom is 0.222 e. The molecule has 0 saturated carbocycles. The Hall–Kier alpha value is -3.75. The van der Waals surface area contributed by atoms with Crippen LogP contribution in [-0.2, 0) is 6.54 Å². The number of aliphatic imine (C=N–C) groups is 1. The standard InChI is InChI=1S/C14H12ClN3O.C13H14ClN3O/c1-2-19-14-9(4-3-5-17-14)12-6-11(15)10-7-16-8-13(10)18-12;1-3-18-13-9(5-4-6-16-13)11-7-10(14)12(15)8(2)17-11/h3-6,8H,2,7H2,1H3;4-7H,3,15H2,1-2H3. The second-order valence-electron chi connectivity index (χ2n) is 7.89. The molecule has 8 nitrogen and oxygen atoms in total. The van der Waals surface area contributed by atoms with Gasteiger partial charge < -0.3 is 15.2 Å². The van der Waals surface area contributed by atoms with E-state index in [-0.39, 0.29) is 0 Å². The summed E-state index contributed by atoms with van der Waals surface area (Å²) in [6, 6.07) is 11.1. The molecular formula is C27H26Cl2N6O2. The Balaban J connectivity index is 0.000000173. The molecule has 0 amide bonds. The lowest BCUT2D eigenvalue weighted by atomic mass is 10.1. The van der Waals surface area contributed by atoms with Gasteiger partial charge in [0.25, 0.3) is 0 Å². The lowest BCUT2D eigenvalue weighted by molar-refractivity contribution is 0.328. The molecule has 0 bridgehead atoms. The molecule has 10 heteroatoms.